The minimum Gasteiger partial charge on any atom is -0.489 e. The molecule has 0 unspecified atom stereocenters. The summed E-state index contributed by atoms with van der Waals surface area (Å²) < 4.78 is 5.98. The average molecular weight is 406 g/mol. The lowest BCUT2D eigenvalue weighted by atomic mass is 10.2. The van der Waals surface area contributed by atoms with Crippen molar-refractivity contribution in [1.29, 1.82) is 0 Å². The second-order valence-electron chi connectivity index (χ2n) is 7.46. The predicted molar refractivity (Wildman–Crippen MR) is 113 cm³/mol. The highest BCUT2D eigenvalue weighted by Crippen LogP contribution is 2.24. The van der Waals surface area contributed by atoms with E-state index in [2.05, 4.69) is 43.4 Å². The number of rotatable bonds is 7. The van der Waals surface area contributed by atoms with E-state index in [1.165, 1.54) is 0 Å². The van der Waals surface area contributed by atoms with Crippen LogP contribution >= 0.6 is 0 Å². The van der Waals surface area contributed by atoms with Gasteiger partial charge in [0.25, 0.3) is 0 Å². The Morgan fingerprint density at radius 2 is 2.10 bits per heavy atom. The molecule has 2 N–H and O–H groups in total. The molecule has 1 amide bonds. The first-order valence-corrected chi connectivity index (χ1v) is 10.2. The van der Waals surface area contributed by atoms with E-state index < -0.39 is 0 Å². The van der Waals surface area contributed by atoms with E-state index >= 15 is 0 Å². The number of nitrogens with one attached hydrogen (secondary N) is 2. The van der Waals surface area contributed by atoms with Crippen LogP contribution in [0.3, 0.4) is 0 Å². The third kappa shape index (κ3) is 5.21. The number of pyridine rings is 1. The molecule has 2 aromatic heterocycles. The van der Waals surface area contributed by atoms with Crippen LogP contribution in [0.2, 0.25) is 0 Å². The van der Waals surface area contributed by atoms with Crippen molar-refractivity contribution < 1.29 is 9.53 Å². The Kier molecular flexibility index (Phi) is 6.34. The lowest BCUT2D eigenvalue weighted by Gasteiger charge is -2.21. The summed E-state index contributed by atoms with van der Waals surface area (Å²) in [4.78, 5) is 23.0. The number of hydrogen-bond donors (Lipinski definition) is 2. The van der Waals surface area contributed by atoms with Crippen LogP contribution in [0.15, 0.2) is 48.8 Å². The Morgan fingerprint density at radius 1 is 1.27 bits per heavy atom. The Morgan fingerprint density at radius 3 is 2.97 bits per heavy atom. The molecule has 1 aromatic carbocycles. The minimum atomic E-state index is 0.0370. The molecule has 156 valence electrons. The number of carbonyl (C=O) groups is 1. The number of aromatic nitrogens is 4. The number of amides is 1. The number of H-pyrrole nitrogens is 1. The van der Waals surface area contributed by atoms with Gasteiger partial charge in [0.1, 0.15) is 17.7 Å². The summed E-state index contributed by atoms with van der Waals surface area (Å²) in [5, 5.41) is 10.1. The van der Waals surface area contributed by atoms with Crippen LogP contribution in [0.5, 0.6) is 5.75 Å². The van der Waals surface area contributed by atoms with Crippen molar-refractivity contribution in [2.75, 3.05) is 19.6 Å². The zero-order valence-corrected chi connectivity index (χ0v) is 17.0. The van der Waals surface area contributed by atoms with Crippen molar-refractivity contribution in [2.24, 2.45) is 0 Å². The van der Waals surface area contributed by atoms with Crippen LogP contribution in [0.4, 0.5) is 0 Å². The van der Waals surface area contributed by atoms with Gasteiger partial charge in [-0.1, -0.05) is 18.2 Å². The first-order chi connectivity index (χ1) is 14.7. The second kappa shape index (κ2) is 9.49. The SMILES string of the molecule is C[C@H]1CN(CCC(=O)NCCc2nc(-c3ccncc3)n[nH]2)Cc2ccccc2O1. The fourth-order valence-corrected chi connectivity index (χ4v) is 3.55. The molecule has 3 heterocycles. The van der Waals surface area contributed by atoms with E-state index in [0.717, 1.165) is 35.8 Å². The lowest BCUT2D eigenvalue weighted by molar-refractivity contribution is -0.121. The molecule has 4 rings (SSSR count). The molecule has 0 bridgehead atoms. The van der Waals surface area contributed by atoms with Crippen LogP contribution in [0.25, 0.3) is 11.4 Å². The predicted octanol–water partition coefficient (Wildman–Crippen LogP) is 2.20. The van der Waals surface area contributed by atoms with Gasteiger partial charge in [0.2, 0.25) is 5.91 Å². The molecule has 0 spiro atoms. The summed E-state index contributed by atoms with van der Waals surface area (Å²) in [6, 6.07) is 11.8. The van der Waals surface area contributed by atoms with Crippen LogP contribution in [0.1, 0.15) is 24.7 Å². The highest BCUT2D eigenvalue weighted by molar-refractivity contribution is 5.76. The van der Waals surface area contributed by atoms with Gasteiger partial charge >= 0.3 is 0 Å². The van der Waals surface area contributed by atoms with Gasteiger partial charge in [-0.3, -0.25) is 19.8 Å². The summed E-state index contributed by atoms with van der Waals surface area (Å²) in [5.41, 5.74) is 2.08. The highest BCUT2D eigenvalue weighted by atomic mass is 16.5. The number of para-hydroxylation sites is 1. The fourth-order valence-electron chi connectivity index (χ4n) is 3.55. The van der Waals surface area contributed by atoms with Crippen LogP contribution in [0, 0.1) is 0 Å². The molecule has 0 saturated heterocycles. The number of nitrogens with zero attached hydrogens (tertiary/aromatic N) is 4. The summed E-state index contributed by atoms with van der Waals surface area (Å²) in [6.45, 7) is 4.88. The zero-order valence-electron chi connectivity index (χ0n) is 17.0. The van der Waals surface area contributed by atoms with E-state index in [4.69, 9.17) is 4.74 Å². The summed E-state index contributed by atoms with van der Waals surface area (Å²) in [6.07, 6.45) is 4.57. The van der Waals surface area contributed by atoms with Crippen molar-refractivity contribution in [3.05, 3.63) is 60.2 Å². The molecule has 0 radical (unpaired) electrons. The average Bonchev–Trinajstić information content (AvgIpc) is 3.16. The van der Waals surface area contributed by atoms with Crippen molar-refractivity contribution in [3.63, 3.8) is 0 Å². The molecule has 0 saturated carbocycles. The number of benzene rings is 1. The van der Waals surface area contributed by atoms with Crippen molar-refractivity contribution >= 4 is 5.91 Å². The van der Waals surface area contributed by atoms with Gasteiger partial charge in [0.15, 0.2) is 5.82 Å². The normalized spacial score (nSPS) is 16.4. The quantitative estimate of drug-likeness (QED) is 0.625. The van der Waals surface area contributed by atoms with Gasteiger partial charge in [0, 0.05) is 62.5 Å². The monoisotopic (exact) mass is 406 g/mol. The third-order valence-electron chi connectivity index (χ3n) is 5.02. The van der Waals surface area contributed by atoms with E-state index in [1.807, 2.05) is 30.3 Å². The van der Waals surface area contributed by atoms with Crippen LogP contribution < -0.4 is 10.1 Å². The maximum atomic E-state index is 12.3. The molecule has 1 atom stereocenters. The number of fused-ring (bicyclic) bond motifs is 1. The van der Waals surface area contributed by atoms with Gasteiger partial charge in [-0.05, 0) is 25.1 Å². The molecule has 0 aliphatic carbocycles. The Balaban J connectivity index is 1.22. The van der Waals surface area contributed by atoms with Crippen molar-refractivity contribution in [2.45, 2.75) is 32.4 Å². The molecule has 8 heteroatoms. The van der Waals surface area contributed by atoms with Gasteiger partial charge < -0.3 is 10.1 Å². The van der Waals surface area contributed by atoms with Crippen molar-refractivity contribution in [3.8, 4) is 17.1 Å². The first kappa shape index (κ1) is 20.0. The van der Waals surface area contributed by atoms with E-state index in [1.54, 1.807) is 12.4 Å². The molecule has 30 heavy (non-hydrogen) atoms. The van der Waals surface area contributed by atoms with Gasteiger partial charge in [0.05, 0.1) is 0 Å². The number of hydrogen-bond acceptors (Lipinski definition) is 6. The van der Waals surface area contributed by atoms with Crippen LogP contribution in [-0.2, 0) is 17.8 Å². The third-order valence-corrected chi connectivity index (χ3v) is 5.02. The summed E-state index contributed by atoms with van der Waals surface area (Å²) >= 11 is 0. The second-order valence-corrected chi connectivity index (χ2v) is 7.46. The maximum absolute atomic E-state index is 12.3. The van der Waals surface area contributed by atoms with Crippen LogP contribution in [-0.4, -0.2) is 56.7 Å². The molecule has 8 nitrogen and oxygen atoms in total. The maximum Gasteiger partial charge on any atom is 0.221 e. The lowest BCUT2D eigenvalue weighted by Crippen LogP contribution is -2.35. The standard InChI is InChI=1S/C22H26N6O2/c1-16-14-28(15-18-4-2-3-5-19(18)30-16)13-9-21(29)24-12-8-20-25-22(27-26-20)17-6-10-23-11-7-17/h2-7,10-11,16H,8-9,12-15H2,1H3,(H,24,29)(H,25,26,27)/t16-/m0/s1. The molecule has 1 aliphatic heterocycles. The van der Waals surface area contributed by atoms with E-state index in [0.29, 0.717) is 31.8 Å². The van der Waals surface area contributed by atoms with Crippen molar-refractivity contribution in [1.82, 2.24) is 30.4 Å². The Bertz CT molecular complexity index is 975. The number of aromatic amines is 1. The topological polar surface area (TPSA) is 96.0 Å². The minimum absolute atomic E-state index is 0.0370. The number of ether oxygens (including phenoxy) is 1. The number of carbonyl (C=O) groups excluding carboxylic acids is 1. The Hall–Kier alpha value is -3.26. The van der Waals surface area contributed by atoms with Gasteiger partial charge in [-0.15, -0.1) is 0 Å². The van der Waals surface area contributed by atoms with Gasteiger partial charge in [-0.2, -0.15) is 5.10 Å². The first-order valence-electron chi connectivity index (χ1n) is 10.2. The van der Waals surface area contributed by atoms with E-state index in [9.17, 15) is 4.79 Å². The van der Waals surface area contributed by atoms with E-state index in [-0.39, 0.29) is 12.0 Å². The Labute approximate surface area is 175 Å². The zero-order chi connectivity index (χ0) is 20.8. The highest BCUT2D eigenvalue weighted by Gasteiger charge is 2.20. The summed E-state index contributed by atoms with van der Waals surface area (Å²) in [7, 11) is 0. The van der Waals surface area contributed by atoms with Gasteiger partial charge in [-0.25, -0.2) is 4.98 Å². The summed E-state index contributed by atoms with van der Waals surface area (Å²) in [5.74, 6) is 2.36. The largest absolute Gasteiger partial charge is 0.489 e. The molecule has 3 aromatic rings. The molecular weight excluding hydrogens is 380 g/mol. The molecule has 1 aliphatic rings. The molecular formula is C22H26N6O2. The smallest absolute Gasteiger partial charge is 0.221 e. The molecule has 0 fully saturated rings. The fraction of sp³-hybridized carbons (Fsp3) is 0.364.